The molecule has 0 spiro atoms. The van der Waals surface area contributed by atoms with Crippen LogP contribution in [0.3, 0.4) is 0 Å². The summed E-state index contributed by atoms with van der Waals surface area (Å²) in [5, 5.41) is 12.3. The molecule has 76 valence electrons. The lowest BCUT2D eigenvalue weighted by atomic mass is 10.0. The highest BCUT2D eigenvalue weighted by Crippen LogP contribution is 2.08. The predicted octanol–water partition coefficient (Wildman–Crippen LogP) is 2.20. The largest absolute Gasteiger partial charge is 0.511 e. The van der Waals surface area contributed by atoms with Crippen LogP contribution in [0.4, 0.5) is 0 Å². The van der Waals surface area contributed by atoms with Crippen molar-refractivity contribution in [3.8, 4) is 0 Å². The molecule has 1 rings (SSSR count). The second kappa shape index (κ2) is 4.82. The zero-order valence-corrected chi connectivity index (χ0v) is 8.75. The Hall–Kier alpha value is -1.28. The molecule has 0 amide bonds. The average molecular weight is 191 g/mol. The maximum atomic E-state index is 9.27. The van der Waals surface area contributed by atoms with Gasteiger partial charge in [0, 0.05) is 0 Å². The molecular formula is C12H17NO. The molecule has 1 atom stereocenters. The minimum Gasteiger partial charge on any atom is -0.511 e. The van der Waals surface area contributed by atoms with Crippen LogP contribution >= 0.6 is 0 Å². The lowest BCUT2D eigenvalue weighted by Gasteiger charge is -2.14. The number of rotatable bonds is 4. The van der Waals surface area contributed by atoms with E-state index in [1.54, 1.807) is 0 Å². The second-order valence-corrected chi connectivity index (χ2v) is 3.52. The van der Waals surface area contributed by atoms with Gasteiger partial charge in [0.2, 0.25) is 0 Å². The molecule has 2 nitrogen and oxygen atoms in total. The van der Waals surface area contributed by atoms with Gasteiger partial charge in [-0.05, 0) is 26.0 Å². The first-order chi connectivity index (χ1) is 6.63. The third kappa shape index (κ3) is 2.89. The Kier molecular flexibility index (Phi) is 3.72. The summed E-state index contributed by atoms with van der Waals surface area (Å²) in [5.74, 6) is 0.188. The van der Waals surface area contributed by atoms with E-state index in [1.165, 1.54) is 11.1 Å². The van der Waals surface area contributed by atoms with E-state index in [-0.39, 0.29) is 11.8 Å². The van der Waals surface area contributed by atoms with E-state index in [0.29, 0.717) is 0 Å². The molecule has 2 N–H and O–H groups in total. The van der Waals surface area contributed by atoms with Gasteiger partial charge in [-0.25, -0.2) is 0 Å². The fourth-order valence-corrected chi connectivity index (χ4v) is 1.35. The molecule has 0 saturated heterocycles. The van der Waals surface area contributed by atoms with E-state index in [1.807, 2.05) is 7.05 Å². The van der Waals surface area contributed by atoms with Crippen molar-refractivity contribution in [2.75, 3.05) is 7.05 Å². The number of benzene rings is 1. The van der Waals surface area contributed by atoms with Crippen LogP contribution in [-0.4, -0.2) is 18.2 Å². The Morgan fingerprint density at radius 2 is 2.00 bits per heavy atom. The minimum atomic E-state index is -0.0577. The standard InChI is InChI=1S/C12H17NO/c1-9-4-6-11(7-5-9)8-12(13-3)10(2)14/h4-7,12-14H,2,8H2,1,3H3. The first-order valence-electron chi connectivity index (χ1n) is 4.74. The highest BCUT2D eigenvalue weighted by molar-refractivity contribution is 5.23. The lowest BCUT2D eigenvalue weighted by molar-refractivity contribution is 0.349. The highest BCUT2D eigenvalue weighted by Gasteiger charge is 2.09. The first-order valence-corrected chi connectivity index (χ1v) is 4.74. The van der Waals surface area contributed by atoms with Gasteiger partial charge in [0.15, 0.2) is 0 Å². The van der Waals surface area contributed by atoms with Gasteiger partial charge in [-0.1, -0.05) is 36.4 Å². The summed E-state index contributed by atoms with van der Waals surface area (Å²) in [6, 6.07) is 8.23. The van der Waals surface area contributed by atoms with E-state index in [9.17, 15) is 5.11 Å². The Morgan fingerprint density at radius 3 is 2.43 bits per heavy atom. The molecule has 0 aromatic heterocycles. The van der Waals surface area contributed by atoms with Crippen LogP contribution in [0.5, 0.6) is 0 Å². The maximum Gasteiger partial charge on any atom is 0.102 e. The summed E-state index contributed by atoms with van der Waals surface area (Å²) < 4.78 is 0. The minimum absolute atomic E-state index is 0.0577. The fraction of sp³-hybridized carbons (Fsp3) is 0.333. The van der Waals surface area contributed by atoms with Crippen molar-refractivity contribution in [2.24, 2.45) is 0 Å². The van der Waals surface area contributed by atoms with E-state index in [2.05, 4.69) is 43.1 Å². The van der Waals surface area contributed by atoms with Crippen molar-refractivity contribution in [3.05, 3.63) is 47.7 Å². The van der Waals surface area contributed by atoms with Gasteiger partial charge in [0.1, 0.15) is 5.76 Å². The van der Waals surface area contributed by atoms with E-state index >= 15 is 0 Å². The van der Waals surface area contributed by atoms with Gasteiger partial charge in [-0.15, -0.1) is 0 Å². The molecule has 0 aliphatic rings. The van der Waals surface area contributed by atoms with Gasteiger partial charge in [-0.2, -0.15) is 0 Å². The van der Waals surface area contributed by atoms with Crippen LogP contribution in [0.1, 0.15) is 11.1 Å². The molecule has 0 radical (unpaired) electrons. The molecule has 0 aliphatic carbocycles. The molecule has 0 heterocycles. The van der Waals surface area contributed by atoms with Crippen molar-refractivity contribution in [3.63, 3.8) is 0 Å². The molecule has 0 bridgehead atoms. The average Bonchev–Trinajstić information content (AvgIpc) is 2.16. The van der Waals surface area contributed by atoms with Crippen molar-refractivity contribution in [1.82, 2.24) is 5.32 Å². The van der Waals surface area contributed by atoms with E-state index in [0.717, 1.165) is 6.42 Å². The number of likely N-dealkylation sites (N-methyl/N-ethyl adjacent to an activating group) is 1. The van der Waals surface area contributed by atoms with Gasteiger partial charge in [-0.3, -0.25) is 0 Å². The van der Waals surface area contributed by atoms with Crippen molar-refractivity contribution in [2.45, 2.75) is 19.4 Å². The number of aliphatic hydroxyl groups is 1. The van der Waals surface area contributed by atoms with Crippen LogP contribution in [0.15, 0.2) is 36.6 Å². The van der Waals surface area contributed by atoms with Crippen LogP contribution in [0.25, 0.3) is 0 Å². The molecule has 2 heteroatoms. The zero-order chi connectivity index (χ0) is 10.6. The van der Waals surface area contributed by atoms with Crippen LogP contribution in [0.2, 0.25) is 0 Å². The molecule has 1 aromatic carbocycles. The predicted molar refractivity (Wildman–Crippen MR) is 59.5 cm³/mol. The molecular weight excluding hydrogens is 174 g/mol. The van der Waals surface area contributed by atoms with Crippen LogP contribution in [0, 0.1) is 6.92 Å². The SMILES string of the molecule is C=C(O)C(Cc1ccc(C)cc1)NC. The van der Waals surface area contributed by atoms with Crippen molar-refractivity contribution >= 4 is 0 Å². The summed E-state index contributed by atoms with van der Waals surface area (Å²) >= 11 is 0. The molecule has 0 fully saturated rings. The summed E-state index contributed by atoms with van der Waals surface area (Å²) in [5.41, 5.74) is 2.45. The normalized spacial score (nSPS) is 12.4. The van der Waals surface area contributed by atoms with Gasteiger partial charge >= 0.3 is 0 Å². The van der Waals surface area contributed by atoms with Crippen molar-refractivity contribution < 1.29 is 5.11 Å². The van der Waals surface area contributed by atoms with Gasteiger partial charge < -0.3 is 10.4 Å². The van der Waals surface area contributed by atoms with E-state index in [4.69, 9.17) is 0 Å². The number of aliphatic hydroxyl groups excluding tert-OH is 1. The van der Waals surface area contributed by atoms with Crippen molar-refractivity contribution in [1.29, 1.82) is 0 Å². The number of nitrogens with one attached hydrogen (secondary N) is 1. The number of hydrogen-bond acceptors (Lipinski definition) is 2. The summed E-state index contributed by atoms with van der Waals surface area (Å²) in [7, 11) is 1.82. The first kappa shape index (κ1) is 10.8. The van der Waals surface area contributed by atoms with Gasteiger partial charge in [0.25, 0.3) is 0 Å². The van der Waals surface area contributed by atoms with E-state index < -0.39 is 0 Å². The number of aryl methyl sites for hydroxylation is 1. The monoisotopic (exact) mass is 191 g/mol. The fourth-order valence-electron chi connectivity index (χ4n) is 1.35. The topological polar surface area (TPSA) is 32.3 Å². The molecule has 0 aliphatic heterocycles. The molecule has 14 heavy (non-hydrogen) atoms. The maximum absolute atomic E-state index is 9.27. The quantitative estimate of drug-likeness (QED) is 0.715. The smallest absolute Gasteiger partial charge is 0.102 e. The summed E-state index contributed by atoms with van der Waals surface area (Å²) in [6.45, 7) is 5.59. The Bertz CT molecular complexity index is 303. The molecule has 0 saturated carbocycles. The highest BCUT2D eigenvalue weighted by atomic mass is 16.3. The third-order valence-electron chi connectivity index (χ3n) is 2.31. The molecule has 1 aromatic rings. The summed E-state index contributed by atoms with van der Waals surface area (Å²) in [4.78, 5) is 0. The van der Waals surface area contributed by atoms with Crippen LogP contribution in [-0.2, 0) is 6.42 Å². The van der Waals surface area contributed by atoms with Crippen LogP contribution < -0.4 is 5.32 Å². The van der Waals surface area contributed by atoms with Gasteiger partial charge in [0.05, 0.1) is 6.04 Å². The Balaban J connectivity index is 2.67. The number of hydrogen-bond donors (Lipinski definition) is 2. The third-order valence-corrected chi connectivity index (χ3v) is 2.31. The zero-order valence-electron chi connectivity index (χ0n) is 8.75. The Morgan fingerprint density at radius 1 is 1.43 bits per heavy atom. The second-order valence-electron chi connectivity index (χ2n) is 3.52. The Labute approximate surface area is 85.3 Å². The molecule has 1 unspecified atom stereocenters. The lowest BCUT2D eigenvalue weighted by Crippen LogP contribution is -2.29. The summed E-state index contributed by atoms with van der Waals surface area (Å²) in [6.07, 6.45) is 0.770.